The van der Waals surface area contributed by atoms with E-state index in [0.29, 0.717) is 11.8 Å². The fourth-order valence-electron chi connectivity index (χ4n) is 2.48. The largest absolute Gasteiger partial charge is 0.246 e. The third-order valence-electron chi connectivity index (χ3n) is 3.22. The normalized spacial score (nSPS) is 17.2. The summed E-state index contributed by atoms with van der Waals surface area (Å²) in [6, 6.07) is 0.767. The third kappa shape index (κ3) is 11.3. The minimum absolute atomic E-state index is 0.678. The van der Waals surface area contributed by atoms with E-state index in [4.69, 9.17) is 18.6 Å². The zero-order valence-electron chi connectivity index (χ0n) is 12.3. The highest BCUT2D eigenvalue weighted by molar-refractivity contribution is 5.82. The van der Waals surface area contributed by atoms with E-state index in [1.165, 1.54) is 32.1 Å². The maximum atomic E-state index is 8.49. The van der Waals surface area contributed by atoms with Crippen LogP contribution in [0.15, 0.2) is 0 Å². The molecule has 0 aliphatic heterocycles. The first-order chi connectivity index (χ1) is 8.61. The van der Waals surface area contributed by atoms with Crippen LogP contribution in [0.25, 0.3) is 0 Å². The summed E-state index contributed by atoms with van der Waals surface area (Å²) < 4.78 is 34.0. The summed E-state index contributed by atoms with van der Waals surface area (Å²) in [5, 5.41) is 0. The molecule has 1 saturated carbocycles. The van der Waals surface area contributed by atoms with Gasteiger partial charge in [0.05, 0.1) is 0 Å². The van der Waals surface area contributed by atoms with Crippen LogP contribution in [0, 0.1) is 22.1 Å². The molecule has 1 aliphatic carbocycles. The lowest BCUT2D eigenvalue weighted by Gasteiger charge is -2.17. The summed E-state index contributed by atoms with van der Waals surface area (Å²) >= 11 is 0. The first kappa shape index (κ1) is 18.8. The van der Waals surface area contributed by atoms with Gasteiger partial charge in [-0.25, -0.2) is 23.6 Å². The Kier molecular flexibility index (Phi) is 8.78. The van der Waals surface area contributed by atoms with E-state index in [-0.39, 0.29) is 0 Å². The molecule has 0 spiro atoms. The van der Waals surface area contributed by atoms with Gasteiger partial charge in [0.2, 0.25) is 0 Å². The summed E-state index contributed by atoms with van der Waals surface area (Å²) in [5.74, 6) is 1.36. The van der Waals surface area contributed by atoms with Gasteiger partial charge in [-0.1, -0.05) is 34.1 Å². The number of hydrogen-bond donors (Lipinski definition) is 1. The maximum absolute atomic E-state index is 8.49. The molecular formula is C13H26ClNO4. The van der Waals surface area contributed by atoms with Crippen molar-refractivity contribution in [2.45, 2.75) is 65.8 Å². The molecule has 19 heavy (non-hydrogen) atoms. The zero-order valence-corrected chi connectivity index (χ0v) is 13.0. The molecule has 5 nitrogen and oxygen atoms in total. The van der Waals surface area contributed by atoms with Gasteiger partial charge in [-0.05, 0) is 12.8 Å². The lowest BCUT2D eigenvalue weighted by Crippen LogP contribution is -2.81. The summed E-state index contributed by atoms with van der Waals surface area (Å²) in [6.07, 6.45) is 7.03. The molecule has 0 aromatic rings. The van der Waals surface area contributed by atoms with Crippen molar-refractivity contribution >= 4 is 5.71 Å². The molecule has 0 heterocycles. The number of rotatable bonds is 3. The second-order valence-corrected chi connectivity index (χ2v) is 6.38. The van der Waals surface area contributed by atoms with Crippen LogP contribution in [0.3, 0.4) is 0 Å². The molecule has 0 saturated heterocycles. The molecule has 114 valence electrons. The number of hydrogen-bond acceptors (Lipinski definition) is 4. The highest BCUT2D eigenvalue weighted by Crippen LogP contribution is 2.14. The molecule has 1 aliphatic rings. The van der Waals surface area contributed by atoms with Gasteiger partial charge in [-0.15, -0.1) is 10.2 Å². The Hall–Kier alpha value is -0.200. The van der Waals surface area contributed by atoms with Gasteiger partial charge >= 0.3 is 0 Å². The molecule has 1 fully saturated rings. The molecule has 0 unspecified atom stereocenters. The average molecular weight is 296 g/mol. The second kappa shape index (κ2) is 8.87. The van der Waals surface area contributed by atoms with Crippen molar-refractivity contribution in [3.05, 3.63) is 0 Å². The van der Waals surface area contributed by atoms with Crippen molar-refractivity contribution < 1.29 is 33.9 Å². The van der Waals surface area contributed by atoms with Gasteiger partial charge in [0.25, 0.3) is 0 Å². The Bertz CT molecular complexity index is 252. The van der Waals surface area contributed by atoms with E-state index in [9.17, 15) is 0 Å². The first-order valence-corrected chi connectivity index (χ1v) is 8.09. The van der Waals surface area contributed by atoms with E-state index in [1.807, 2.05) is 0 Å². The fraction of sp³-hybridized carbons (Fsp3) is 0.923. The quantitative estimate of drug-likeness (QED) is 0.576. The van der Waals surface area contributed by atoms with Crippen molar-refractivity contribution in [2.75, 3.05) is 0 Å². The summed E-state index contributed by atoms with van der Waals surface area (Å²) in [5.41, 5.74) is 1.55. The minimum atomic E-state index is -4.94. The van der Waals surface area contributed by atoms with Crippen molar-refractivity contribution in [3.63, 3.8) is 0 Å². The third-order valence-corrected chi connectivity index (χ3v) is 3.22. The molecule has 1 rings (SSSR count). The molecule has 0 radical (unpaired) electrons. The fourth-order valence-corrected chi connectivity index (χ4v) is 2.48. The van der Waals surface area contributed by atoms with Crippen LogP contribution >= 0.6 is 0 Å². The molecular weight excluding hydrogens is 270 g/mol. The molecule has 0 atom stereocenters. The van der Waals surface area contributed by atoms with Crippen molar-refractivity contribution in [1.82, 2.24) is 0 Å². The van der Waals surface area contributed by atoms with Crippen LogP contribution in [0.2, 0.25) is 0 Å². The van der Waals surface area contributed by atoms with Crippen LogP contribution in [-0.4, -0.2) is 11.8 Å². The minimum Gasteiger partial charge on any atom is -0.246 e. The van der Waals surface area contributed by atoms with Gasteiger partial charge in [-0.3, -0.25) is 0 Å². The molecule has 6 heteroatoms. The van der Waals surface area contributed by atoms with Gasteiger partial charge in [0.1, 0.15) is 0 Å². The molecule has 0 aromatic heterocycles. The smallest absolute Gasteiger partial charge is 0.155 e. The zero-order chi connectivity index (χ0) is 15.1. The predicted octanol–water partition coefficient (Wildman–Crippen LogP) is -2.60. The standard InChI is InChI=1S/C13H25N.ClHO4/c1-10(2)13(11(3)4)14-12-8-6-5-7-9-12;2-1(3,4)5/h10-12H,5-9H2,1-4H3;(H,2,3,4,5). The lowest BCUT2D eigenvalue weighted by molar-refractivity contribution is -2.00. The lowest BCUT2D eigenvalue weighted by atomic mass is 9.93. The Labute approximate surface area is 118 Å². The Morgan fingerprint density at radius 2 is 1.26 bits per heavy atom. The number of halogens is 1. The second-order valence-electron chi connectivity index (χ2n) is 5.62. The Morgan fingerprint density at radius 3 is 1.58 bits per heavy atom. The molecule has 0 bridgehead atoms. The van der Waals surface area contributed by atoms with Crippen LogP contribution < -0.4 is 23.6 Å². The van der Waals surface area contributed by atoms with Gasteiger partial charge in [0, 0.05) is 24.7 Å². The van der Waals surface area contributed by atoms with Gasteiger partial charge in [-0.2, -0.15) is 0 Å². The number of nitrogens with one attached hydrogen (secondary N) is 1. The van der Waals surface area contributed by atoms with E-state index >= 15 is 0 Å². The maximum Gasteiger partial charge on any atom is 0.155 e. The highest BCUT2D eigenvalue weighted by Gasteiger charge is 2.22. The van der Waals surface area contributed by atoms with Crippen LogP contribution in [0.4, 0.5) is 0 Å². The Morgan fingerprint density at radius 1 is 0.895 bits per heavy atom. The molecule has 1 N–H and O–H groups in total. The van der Waals surface area contributed by atoms with E-state index in [0.717, 1.165) is 6.04 Å². The SMILES string of the molecule is CC(C)C(=[NH+]C1CCCCC1)C(C)C.[O-][Cl+3]([O-])([O-])[O-]. The monoisotopic (exact) mass is 295 g/mol. The van der Waals surface area contributed by atoms with E-state index in [1.54, 1.807) is 5.71 Å². The van der Waals surface area contributed by atoms with Crippen molar-refractivity contribution in [2.24, 2.45) is 11.8 Å². The van der Waals surface area contributed by atoms with Gasteiger partial charge in [0.15, 0.2) is 11.8 Å². The van der Waals surface area contributed by atoms with Gasteiger partial charge < -0.3 is 0 Å². The van der Waals surface area contributed by atoms with Crippen LogP contribution in [-0.2, 0) is 0 Å². The van der Waals surface area contributed by atoms with Crippen molar-refractivity contribution in [1.29, 1.82) is 0 Å². The highest BCUT2D eigenvalue weighted by atomic mass is 35.7. The average Bonchev–Trinajstić information content (AvgIpc) is 2.24. The molecule has 0 aromatic carbocycles. The first-order valence-electron chi connectivity index (χ1n) is 6.86. The van der Waals surface area contributed by atoms with E-state index in [2.05, 4.69) is 32.7 Å². The van der Waals surface area contributed by atoms with Crippen LogP contribution in [0.5, 0.6) is 0 Å². The topological polar surface area (TPSA) is 106 Å². The summed E-state index contributed by atoms with van der Waals surface area (Å²) in [7, 11) is -4.94. The molecule has 0 amide bonds. The van der Waals surface area contributed by atoms with E-state index < -0.39 is 10.2 Å². The predicted molar refractivity (Wildman–Crippen MR) is 62.5 cm³/mol. The van der Waals surface area contributed by atoms with Crippen molar-refractivity contribution in [3.8, 4) is 0 Å². The summed E-state index contributed by atoms with van der Waals surface area (Å²) in [4.78, 5) is 3.77. The van der Waals surface area contributed by atoms with Crippen LogP contribution in [0.1, 0.15) is 59.8 Å². The Balaban J connectivity index is 0.000000555. The summed E-state index contributed by atoms with van der Waals surface area (Å²) in [6.45, 7) is 9.19.